The Morgan fingerprint density at radius 3 is 2.12 bits per heavy atom. The fourth-order valence-electron chi connectivity index (χ4n) is 2.18. The second-order valence-electron chi connectivity index (χ2n) is 5.09. The average molecular weight is 366 g/mol. The van der Waals surface area contributed by atoms with Gasteiger partial charge in [-0.15, -0.1) is 0 Å². The Morgan fingerprint density at radius 1 is 1.00 bits per heavy atom. The van der Waals surface area contributed by atoms with Gasteiger partial charge in [0.1, 0.15) is 5.75 Å². The van der Waals surface area contributed by atoms with Crippen molar-refractivity contribution in [3.05, 3.63) is 41.4 Å². The Balaban J connectivity index is 2.15. The van der Waals surface area contributed by atoms with E-state index in [9.17, 15) is 4.79 Å². The van der Waals surface area contributed by atoms with Crippen molar-refractivity contribution < 1.29 is 23.7 Å². The van der Waals surface area contributed by atoms with Gasteiger partial charge in [-0.1, -0.05) is 23.7 Å². The molecule has 134 valence electrons. The summed E-state index contributed by atoms with van der Waals surface area (Å²) in [5, 5.41) is 3.20. The fourth-order valence-corrected chi connectivity index (χ4v) is 2.36. The molecule has 1 atom stereocenters. The summed E-state index contributed by atoms with van der Waals surface area (Å²) >= 11 is 6.04. The Labute approximate surface area is 151 Å². The quantitative estimate of drug-likeness (QED) is 0.809. The topological polar surface area (TPSA) is 66.0 Å². The lowest BCUT2D eigenvalue weighted by molar-refractivity contribution is -0.122. The molecule has 6 nitrogen and oxygen atoms in total. The number of ether oxygens (including phenoxy) is 4. The molecular formula is C18H20ClNO5. The minimum absolute atomic E-state index is 0.339. The molecule has 25 heavy (non-hydrogen) atoms. The van der Waals surface area contributed by atoms with Gasteiger partial charge in [0.25, 0.3) is 5.91 Å². The van der Waals surface area contributed by atoms with Crippen molar-refractivity contribution in [3.8, 4) is 23.0 Å². The van der Waals surface area contributed by atoms with Gasteiger partial charge in [0.05, 0.1) is 26.4 Å². The highest BCUT2D eigenvalue weighted by Gasteiger charge is 2.19. The van der Waals surface area contributed by atoms with Crippen molar-refractivity contribution in [3.63, 3.8) is 0 Å². The highest BCUT2D eigenvalue weighted by molar-refractivity contribution is 6.32. The predicted octanol–water partition coefficient (Wildman–Crippen LogP) is 3.77. The maximum Gasteiger partial charge on any atom is 0.265 e. The fraction of sp³-hybridized carbons (Fsp3) is 0.278. The normalized spacial score (nSPS) is 11.4. The Bertz CT molecular complexity index is 725. The van der Waals surface area contributed by atoms with Crippen molar-refractivity contribution in [2.24, 2.45) is 0 Å². The van der Waals surface area contributed by atoms with Crippen molar-refractivity contribution in [1.29, 1.82) is 0 Å². The lowest BCUT2D eigenvalue weighted by Gasteiger charge is -2.17. The number of carbonyl (C=O) groups excluding carboxylic acids is 1. The highest BCUT2D eigenvalue weighted by Crippen LogP contribution is 2.40. The van der Waals surface area contributed by atoms with Crippen LogP contribution in [0.1, 0.15) is 6.92 Å². The summed E-state index contributed by atoms with van der Waals surface area (Å²) in [6.07, 6.45) is -0.751. The van der Waals surface area contributed by atoms with Crippen molar-refractivity contribution in [2.45, 2.75) is 13.0 Å². The number of carbonyl (C=O) groups is 1. The molecule has 0 saturated carbocycles. The Morgan fingerprint density at radius 2 is 1.60 bits per heavy atom. The first-order valence-corrected chi connectivity index (χ1v) is 7.90. The van der Waals surface area contributed by atoms with Gasteiger partial charge in [-0.25, -0.2) is 0 Å². The minimum atomic E-state index is -0.751. The van der Waals surface area contributed by atoms with E-state index in [2.05, 4.69) is 5.32 Å². The Hall–Kier alpha value is -2.60. The van der Waals surface area contributed by atoms with Crippen LogP contribution in [0.15, 0.2) is 36.4 Å². The zero-order valence-electron chi connectivity index (χ0n) is 14.5. The van der Waals surface area contributed by atoms with E-state index >= 15 is 0 Å². The monoisotopic (exact) mass is 365 g/mol. The largest absolute Gasteiger partial charge is 0.493 e. The lowest BCUT2D eigenvalue weighted by Crippen LogP contribution is -2.30. The van der Waals surface area contributed by atoms with Crippen LogP contribution in [0.3, 0.4) is 0 Å². The van der Waals surface area contributed by atoms with E-state index in [0.717, 1.165) is 0 Å². The number of methoxy groups -OCH3 is 3. The van der Waals surface area contributed by atoms with Crippen LogP contribution in [-0.2, 0) is 4.79 Å². The summed E-state index contributed by atoms with van der Waals surface area (Å²) in [6.45, 7) is 1.64. The van der Waals surface area contributed by atoms with Gasteiger partial charge in [0.2, 0.25) is 5.75 Å². The van der Waals surface area contributed by atoms with E-state index in [1.165, 1.54) is 21.3 Å². The molecule has 0 aliphatic carbocycles. The summed E-state index contributed by atoms with van der Waals surface area (Å²) in [4.78, 5) is 12.4. The number of benzene rings is 2. The van der Waals surface area contributed by atoms with Gasteiger partial charge in [-0.05, 0) is 19.1 Å². The number of hydrogen-bond acceptors (Lipinski definition) is 5. The zero-order valence-corrected chi connectivity index (χ0v) is 15.2. The molecule has 1 amide bonds. The molecule has 0 radical (unpaired) electrons. The highest BCUT2D eigenvalue weighted by atomic mass is 35.5. The molecule has 0 fully saturated rings. The summed E-state index contributed by atoms with van der Waals surface area (Å²) in [7, 11) is 4.52. The SMILES string of the molecule is COc1cc(NC(=O)C(C)Oc2ccccc2Cl)cc(OC)c1OC. The van der Waals surface area contributed by atoms with Crippen molar-refractivity contribution in [1.82, 2.24) is 0 Å². The van der Waals surface area contributed by atoms with E-state index in [4.69, 9.17) is 30.5 Å². The molecule has 2 aromatic carbocycles. The van der Waals surface area contributed by atoms with E-state index in [-0.39, 0.29) is 5.91 Å². The molecule has 0 bridgehead atoms. The maximum absolute atomic E-state index is 12.4. The number of rotatable bonds is 7. The van der Waals surface area contributed by atoms with Crippen LogP contribution in [0.25, 0.3) is 0 Å². The molecule has 0 spiro atoms. The van der Waals surface area contributed by atoms with Gasteiger partial charge in [0, 0.05) is 17.8 Å². The van der Waals surface area contributed by atoms with Gasteiger partial charge in [-0.3, -0.25) is 4.79 Å². The standard InChI is InChI=1S/C18H20ClNO5/c1-11(25-14-8-6-5-7-13(14)19)18(21)20-12-9-15(22-2)17(24-4)16(10-12)23-3/h5-11H,1-4H3,(H,20,21). The molecule has 0 aliphatic heterocycles. The molecular weight excluding hydrogens is 346 g/mol. The molecule has 0 saturated heterocycles. The summed E-state index contributed by atoms with van der Waals surface area (Å²) in [5.41, 5.74) is 0.495. The first-order chi connectivity index (χ1) is 12.0. The van der Waals surface area contributed by atoms with Crippen LogP contribution in [0.2, 0.25) is 5.02 Å². The van der Waals surface area contributed by atoms with Crippen LogP contribution in [0.5, 0.6) is 23.0 Å². The maximum atomic E-state index is 12.4. The van der Waals surface area contributed by atoms with Crippen LogP contribution < -0.4 is 24.3 Å². The molecule has 0 aromatic heterocycles. The summed E-state index contributed by atoms with van der Waals surface area (Å²) < 4.78 is 21.4. The average Bonchev–Trinajstić information content (AvgIpc) is 2.62. The molecule has 2 aromatic rings. The molecule has 1 unspecified atom stereocenters. The second kappa shape index (κ2) is 8.48. The zero-order chi connectivity index (χ0) is 18.4. The Kier molecular flexibility index (Phi) is 6.36. The first-order valence-electron chi connectivity index (χ1n) is 7.52. The minimum Gasteiger partial charge on any atom is -0.493 e. The predicted molar refractivity (Wildman–Crippen MR) is 96.3 cm³/mol. The molecule has 1 N–H and O–H groups in total. The first kappa shape index (κ1) is 18.7. The molecule has 2 rings (SSSR count). The van der Waals surface area contributed by atoms with E-state index in [1.54, 1.807) is 43.3 Å². The summed E-state index contributed by atoms with van der Waals surface area (Å²) in [5.74, 6) is 1.43. The number of nitrogens with one attached hydrogen (secondary N) is 1. The third-order valence-electron chi connectivity index (χ3n) is 3.44. The van der Waals surface area contributed by atoms with Crippen LogP contribution in [-0.4, -0.2) is 33.3 Å². The van der Waals surface area contributed by atoms with Crippen LogP contribution >= 0.6 is 11.6 Å². The smallest absolute Gasteiger partial charge is 0.265 e. The number of halogens is 1. The molecule has 0 heterocycles. The summed E-state index contributed by atoms with van der Waals surface area (Å²) in [6, 6.07) is 10.2. The molecule has 0 aliphatic rings. The van der Waals surface area contributed by atoms with Crippen molar-refractivity contribution in [2.75, 3.05) is 26.6 Å². The van der Waals surface area contributed by atoms with E-state index < -0.39 is 6.10 Å². The van der Waals surface area contributed by atoms with Gasteiger partial charge < -0.3 is 24.3 Å². The second-order valence-corrected chi connectivity index (χ2v) is 5.50. The van der Waals surface area contributed by atoms with Gasteiger partial charge in [-0.2, -0.15) is 0 Å². The number of amides is 1. The van der Waals surface area contributed by atoms with E-state index in [0.29, 0.717) is 33.7 Å². The lowest BCUT2D eigenvalue weighted by atomic mass is 10.2. The number of hydrogen-bond donors (Lipinski definition) is 1. The number of para-hydroxylation sites is 1. The number of anilines is 1. The van der Waals surface area contributed by atoms with Crippen LogP contribution in [0.4, 0.5) is 5.69 Å². The molecule has 7 heteroatoms. The third kappa shape index (κ3) is 4.48. The van der Waals surface area contributed by atoms with Crippen LogP contribution in [0, 0.1) is 0 Å². The third-order valence-corrected chi connectivity index (χ3v) is 3.75. The van der Waals surface area contributed by atoms with E-state index in [1.807, 2.05) is 0 Å². The van der Waals surface area contributed by atoms with Gasteiger partial charge >= 0.3 is 0 Å². The van der Waals surface area contributed by atoms with Crippen molar-refractivity contribution >= 4 is 23.2 Å². The van der Waals surface area contributed by atoms with Gasteiger partial charge in [0.15, 0.2) is 17.6 Å².